The maximum absolute atomic E-state index is 12.3. The summed E-state index contributed by atoms with van der Waals surface area (Å²) in [6, 6.07) is 17.8. The van der Waals surface area contributed by atoms with Crippen LogP contribution in [0.2, 0.25) is 0 Å². The van der Waals surface area contributed by atoms with Crippen LogP contribution in [0.25, 0.3) is 16.7 Å². The highest BCUT2D eigenvalue weighted by Gasteiger charge is 2.20. The van der Waals surface area contributed by atoms with E-state index in [9.17, 15) is 4.79 Å². The summed E-state index contributed by atoms with van der Waals surface area (Å²) in [6.07, 6.45) is 5.92. The predicted octanol–water partition coefficient (Wildman–Crippen LogP) is 4.08. The second-order valence-corrected chi connectivity index (χ2v) is 7.03. The first-order valence-corrected chi connectivity index (χ1v) is 9.71. The number of nitrogens with zero attached hydrogens (tertiary/aromatic N) is 5. The smallest absolute Gasteiger partial charge is 0.226 e. The Labute approximate surface area is 168 Å². The van der Waals surface area contributed by atoms with Gasteiger partial charge in [-0.1, -0.05) is 24.3 Å². The van der Waals surface area contributed by atoms with E-state index < -0.39 is 0 Å². The Morgan fingerprint density at radius 1 is 0.931 bits per heavy atom. The first kappa shape index (κ1) is 17.4. The fourth-order valence-electron chi connectivity index (χ4n) is 3.67. The molecule has 0 spiro atoms. The molecular weight excluding hydrogens is 364 g/mol. The molecule has 29 heavy (non-hydrogen) atoms. The zero-order chi connectivity index (χ0) is 19.6. The molecule has 1 fully saturated rings. The van der Waals surface area contributed by atoms with Crippen LogP contribution in [-0.2, 0) is 4.79 Å². The number of carbonyl (C=O) groups is 1. The first-order valence-electron chi connectivity index (χ1n) is 9.71. The number of fused-ring (bicyclic) bond motifs is 1. The zero-order valence-corrected chi connectivity index (χ0v) is 15.8. The summed E-state index contributed by atoms with van der Waals surface area (Å²) in [5.74, 6) is 0.862. The van der Waals surface area contributed by atoms with Gasteiger partial charge in [0.2, 0.25) is 5.91 Å². The summed E-state index contributed by atoms with van der Waals surface area (Å²) in [5.41, 5.74) is 3.45. The average Bonchev–Trinajstić information content (AvgIpc) is 3.20. The van der Waals surface area contributed by atoms with Gasteiger partial charge in [-0.2, -0.15) is 5.10 Å². The monoisotopic (exact) mass is 384 g/mol. The quantitative estimate of drug-likeness (QED) is 0.574. The molecule has 1 aliphatic rings. The Balaban J connectivity index is 1.47. The zero-order valence-electron chi connectivity index (χ0n) is 15.8. The van der Waals surface area contributed by atoms with Crippen molar-refractivity contribution in [3.05, 3.63) is 67.1 Å². The third-order valence-corrected chi connectivity index (χ3v) is 5.11. The molecule has 3 heterocycles. The van der Waals surface area contributed by atoms with E-state index in [0.717, 1.165) is 47.5 Å². The number of anilines is 3. The summed E-state index contributed by atoms with van der Waals surface area (Å²) in [6.45, 7) is 0.768. The molecule has 7 heteroatoms. The van der Waals surface area contributed by atoms with E-state index in [1.165, 1.54) is 6.33 Å². The molecule has 1 amide bonds. The van der Waals surface area contributed by atoms with Gasteiger partial charge in [-0.15, -0.1) is 0 Å². The second-order valence-electron chi connectivity index (χ2n) is 7.03. The van der Waals surface area contributed by atoms with Crippen LogP contribution >= 0.6 is 0 Å². The Bertz CT molecular complexity index is 1170. The number of piperidine rings is 1. The van der Waals surface area contributed by atoms with Gasteiger partial charge in [0.05, 0.1) is 17.3 Å². The average molecular weight is 384 g/mol. The molecule has 2 aromatic carbocycles. The van der Waals surface area contributed by atoms with E-state index in [0.29, 0.717) is 12.2 Å². The second kappa shape index (κ2) is 7.35. The minimum atomic E-state index is 0.182. The van der Waals surface area contributed by atoms with E-state index in [1.807, 2.05) is 59.5 Å². The number of amides is 1. The fourth-order valence-corrected chi connectivity index (χ4v) is 3.67. The van der Waals surface area contributed by atoms with Crippen molar-refractivity contribution in [2.75, 3.05) is 16.8 Å². The minimum Gasteiger partial charge on any atom is -0.339 e. The molecule has 1 N–H and O–H groups in total. The van der Waals surface area contributed by atoms with Crippen LogP contribution < -0.4 is 10.2 Å². The van der Waals surface area contributed by atoms with E-state index >= 15 is 0 Å². The molecule has 4 aromatic rings. The normalized spacial score (nSPS) is 14.3. The Morgan fingerprint density at radius 2 is 1.79 bits per heavy atom. The molecule has 1 aliphatic heterocycles. The lowest BCUT2D eigenvalue weighted by Gasteiger charge is -2.27. The number of hydrogen-bond acceptors (Lipinski definition) is 5. The van der Waals surface area contributed by atoms with E-state index in [4.69, 9.17) is 0 Å². The van der Waals surface area contributed by atoms with Crippen molar-refractivity contribution in [2.24, 2.45) is 0 Å². The van der Waals surface area contributed by atoms with Gasteiger partial charge in [-0.05, 0) is 43.2 Å². The summed E-state index contributed by atoms with van der Waals surface area (Å²) < 4.78 is 1.80. The number of rotatable bonds is 4. The molecule has 144 valence electrons. The number of para-hydroxylation sites is 1. The van der Waals surface area contributed by atoms with Crippen molar-refractivity contribution in [1.29, 1.82) is 0 Å². The Morgan fingerprint density at radius 3 is 2.66 bits per heavy atom. The molecule has 7 nitrogen and oxygen atoms in total. The standard InChI is InChI=1S/C22H20N6O/c29-20-11-4-5-12-27(20)18-10-6-7-16(13-18)26-21-19-14-25-28(22(19)24-15-23-21)17-8-2-1-3-9-17/h1-3,6-10,13-15H,4-5,11-12H2,(H,23,24,26). The van der Waals surface area contributed by atoms with Crippen LogP contribution in [0, 0.1) is 0 Å². The topological polar surface area (TPSA) is 75.9 Å². The molecular formula is C22H20N6O. The summed E-state index contributed by atoms with van der Waals surface area (Å²) >= 11 is 0. The first-order chi connectivity index (χ1) is 14.3. The predicted molar refractivity (Wildman–Crippen MR) is 113 cm³/mol. The lowest BCUT2D eigenvalue weighted by Crippen LogP contribution is -2.35. The maximum atomic E-state index is 12.3. The van der Waals surface area contributed by atoms with E-state index in [2.05, 4.69) is 20.4 Å². The summed E-state index contributed by atoms with van der Waals surface area (Å²) in [4.78, 5) is 22.9. The van der Waals surface area contributed by atoms with Crippen molar-refractivity contribution < 1.29 is 4.79 Å². The van der Waals surface area contributed by atoms with Gasteiger partial charge in [-0.25, -0.2) is 14.6 Å². The number of carbonyl (C=O) groups excluding carboxylic acids is 1. The molecule has 1 saturated heterocycles. The van der Waals surface area contributed by atoms with Crippen LogP contribution in [0.1, 0.15) is 19.3 Å². The van der Waals surface area contributed by atoms with Crippen molar-refractivity contribution in [3.63, 3.8) is 0 Å². The van der Waals surface area contributed by atoms with Crippen LogP contribution in [-0.4, -0.2) is 32.2 Å². The molecule has 2 aromatic heterocycles. The van der Waals surface area contributed by atoms with Crippen LogP contribution in [0.4, 0.5) is 17.2 Å². The third kappa shape index (κ3) is 3.31. The number of aromatic nitrogens is 4. The van der Waals surface area contributed by atoms with E-state index in [-0.39, 0.29) is 5.91 Å². The number of benzene rings is 2. The van der Waals surface area contributed by atoms with Crippen molar-refractivity contribution in [2.45, 2.75) is 19.3 Å². The van der Waals surface area contributed by atoms with Gasteiger partial charge in [0, 0.05) is 24.3 Å². The molecule has 0 radical (unpaired) electrons. The Kier molecular flexibility index (Phi) is 4.40. The van der Waals surface area contributed by atoms with Gasteiger partial charge >= 0.3 is 0 Å². The Hall–Kier alpha value is -3.74. The highest BCUT2D eigenvalue weighted by atomic mass is 16.2. The fraction of sp³-hybridized carbons (Fsp3) is 0.182. The number of nitrogens with one attached hydrogen (secondary N) is 1. The largest absolute Gasteiger partial charge is 0.339 e. The van der Waals surface area contributed by atoms with Crippen LogP contribution in [0.15, 0.2) is 67.1 Å². The molecule has 0 atom stereocenters. The van der Waals surface area contributed by atoms with Crippen molar-refractivity contribution >= 4 is 34.1 Å². The minimum absolute atomic E-state index is 0.182. The molecule has 0 aliphatic carbocycles. The highest BCUT2D eigenvalue weighted by Crippen LogP contribution is 2.28. The van der Waals surface area contributed by atoms with Gasteiger partial charge in [0.25, 0.3) is 0 Å². The lowest BCUT2D eigenvalue weighted by molar-refractivity contribution is -0.119. The van der Waals surface area contributed by atoms with Gasteiger partial charge in [0.1, 0.15) is 12.1 Å². The molecule has 0 saturated carbocycles. The highest BCUT2D eigenvalue weighted by molar-refractivity contribution is 5.95. The van der Waals surface area contributed by atoms with Crippen LogP contribution in [0.5, 0.6) is 0 Å². The lowest BCUT2D eigenvalue weighted by atomic mass is 10.1. The SMILES string of the molecule is O=C1CCCCN1c1cccc(Nc2ncnc3c2cnn3-c2ccccc2)c1. The maximum Gasteiger partial charge on any atom is 0.226 e. The summed E-state index contributed by atoms with van der Waals surface area (Å²) in [7, 11) is 0. The number of hydrogen-bond donors (Lipinski definition) is 1. The molecule has 0 unspecified atom stereocenters. The van der Waals surface area contributed by atoms with Gasteiger partial charge in [0.15, 0.2) is 5.65 Å². The van der Waals surface area contributed by atoms with Crippen molar-refractivity contribution in [1.82, 2.24) is 19.7 Å². The van der Waals surface area contributed by atoms with Crippen LogP contribution in [0.3, 0.4) is 0 Å². The third-order valence-electron chi connectivity index (χ3n) is 5.11. The van der Waals surface area contributed by atoms with E-state index in [1.54, 1.807) is 10.9 Å². The van der Waals surface area contributed by atoms with Crippen molar-refractivity contribution in [3.8, 4) is 5.69 Å². The molecule has 5 rings (SSSR count). The molecule has 0 bridgehead atoms. The van der Waals surface area contributed by atoms with Gasteiger partial charge in [-0.3, -0.25) is 4.79 Å². The van der Waals surface area contributed by atoms with Gasteiger partial charge < -0.3 is 10.2 Å². The summed E-state index contributed by atoms with van der Waals surface area (Å²) in [5, 5.41) is 8.68.